The molecular weight excluding hydrogens is 254 g/mol. The monoisotopic (exact) mass is 279 g/mol. The van der Waals surface area contributed by atoms with Crippen LogP contribution in [0.1, 0.15) is 55.7 Å². The highest BCUT2D eigenvalue weighted by molar-refractivity contribution is 5.63. The highest BCUT2D eigenvalue weighted by Crippen LogP contribution is 2.56. The van der Waals surface area contributed by atoms with Gasteiger partial charge in [0, 0.05) is 18.6 Å². The van der Waals surface area contributed by atoms with E-state index in [9.17, 15) is 0 Å². The zero-order chi connectivity index (χ0) is 15.7. The molecule has 2 aromatic rings. The van der Waals surface area contributed by atoms with Crippen molar-refractivity contribution in [3.8, 4) is 11.3 Å². The molecule has 0 spiro atoms. The third-order valence-corrected chi connectivity index (χ3v) is 5.55. The second kappa shape index (κ2) is 4.19. The molecule has 4 rings (SSSR count). The first-order valence-corrected chi connectivity index (χ1v) is 7.95. The van der Waals surface area contributed by atoms with Gasteiger partial charge in [0.2, 0.25) is 5.69 Å². The van der Waals surface area contributed by atoms with Gasteiger partial charge in [0.25, 0.3) is 0 Å². The summed E-state index contributed by atoms with van der Waals surface area (Å²) in [6.07, 6.45) is 5.38. The van der Waals surface area contributed by atoms with E-state index < -0.39 is 0 Å². The summed E-state index contributed by atoms with van der Waals surface area (Å²) < 4.78 is 11.0. The van der Waals surface area contributed by atoms with Crippen molar-refractivity contribution in [3.63, 3.8) is 0 Å². The summed E-state index contributed by atoms with van der Waals surface area (Å²) in [7, 11) is 2.12. The Balaban J connectivity index is 1.94. The Bertz CT molecular complexity index is 795. The van der Waals surface area contributed by atoms with Gasteiger partial charge >= 0.3 is 0 Å². The van der Waals surface area contributed by atoms with Crippen molar-refractivity contribution < 1.29 is 5.94 Å². The van der Waals surface area contributed by atoms with Gasteiger partial charge in [-0.3, -0.25) is 0 Å². The number of fused-ring (bicyclic) bond motifs is 5. The lowest BCUT2D eigenvalue weighted by atomic mass is 9.81. The van der Waals surface area contributed by atoms with Gasteiger partial charge in [-0.05, 0) is 61.6 Å². The third-order valence-electron chi connectivity index (χ3n) is 5.55. The Labute approximate surface area is 129 Å². The number of rotatable bonds is 1. The summed E-state index contributed by atoms with van der Waals surface area (Å²) in [5, 5.41) is 0. The average Bonchev–Trinajstić information content (AvgIpc) is 2.86. The molecule has 0 aliphatic heterocycles. The topological polar surface area (TPSA) is 3.88 Å². The van der Waals surface area contributed by atoms with Gasteiger partial charge in [-0.1, -0.05) is 24.6 Å². The number of aromatic nitrogens is 1. The van der Waals surface area contributed by atoms with Crippen molar-refractivity contribution in [1.82, 2.24) is 0 Å². The van der Waals surface area contributed by atoms with Gasteiger partial charge in [0.05, 0.1) is 0 Å². The molecule has 2 bridgehead atoms. The van der Waals surface area contributed by atoms with E-state index in [0.29, 0.717) is 0 Å². The van der Waals surface area contributed by atoms with Crippen molar-refractivity contribution in [2.45, 2.75) is 51.3 Å². The molecule has 1 heteroatoms. The lowest BCUT2D eigenvalue weighted by Crippen LogP contribution is -2.33. The van der Waals surface area contributed by atoms with Crippen LogP contribution < -0.4 is 4.57 Å². The van der Waals surface area contributed by atoms with Crippen molar-refractivity contribution in [2.75, 3.05) is 0 Å². The first kappa shape index (κ1) is 12.0. The molecule has 1 fully saturated rings. The van der Waals surface area contributed by atoms with E-state index in [4.69, 9.17) is 1.37 Å². The average molecular weight is 279 g/mol. The fourth-order valence-corrected chi connectivity index (χ4v) is 4.33. The molecule has 2 aliphatic carbocycles. The maximum atomic E-state index is 8.81. The largest absolute Gasteiger partial charge is 0.212 e. The summed E-state index contributed by atoms with van der Waals surface area (Å²) in [5.74, 6) is -0.345. The Morgan fingerprint density at radius 2 is 2.10 bits per heavy atom. The van der Waals surface area contributed by atoms with Crippen LogP contribution in [0.4, 0.5) is 0 Å². The minimum absolute atomic E-state index is 0.207. The predicted molar refractivity (Wildman–Crippen MR) is 86.5 cm³/mol. The summed E-state index contributed by atoms with van der Waals surface area (Å²) in [4.78, 5) is 0. The van der Waals surface area contributed by atoms with Crippen LogP contribution in [0.2, 0.25) is 0 Å². The number of benzene rings is 1. The molecular formula is C20H24N+. The van der Waals surface area contributed by atoms with Gasteiger partial charge in [-0.15, -0.1) is 0 Å². The van der Waals surface area contributed by atoms with Crippen LogP contribution in [0.3, 0.4) is 0 Å². The minimum Gasteiger partial charge on any atom is -0.201 e. The quantitative estimate of drug-likeness (QED) is 0.684. The van der Waals surface area contributed by atoms with Crippen LogP contribution in [0.15, 0.2) is 30.5 Å². The standard InChI is InChI=1S/C20H24N/c1-13-5-6-16(14(2)9-13)19-10-18-17(12-21(19)4)15-7-8-20(18,3)11-15/h5-6,9-10,12,15H,7-8,11H2,1-4H3/q+1/i15D. The summed E-state index contributed by atoms with van der Waals surface area (Å²) in [5.41, 5.74) is 8.10. The van der Waals surface area contributed by atoms with E-state index in [0.717, 1.165) is 19.3 Å². The first-order chi connectivity index (χ1) is 10.3. The maximum absolute atomic E-state index is 8.81. The molecule has 1 aromatic heterocycles. The third kappa shape index (κ3) is 1.79. The van der Waals surface area contributed by atoms with Crippen molar-refractivity contribution in [1.29, 1.82) is 0 Å². The fourth-order valence-electron chi connectivity index (χ4n) is 4.33. The summed E-state index contributed by atoms with van der Waals surface area (Å²) in [6.45, 7) is 6.68. The van der Waals surface area contributed by atoms with Crippen LogP contribution in [0, 0.1) is 13.8 Å². The predicted octanol–water partition coefficient (Wildman–Crippen LogP) is 4.33. The highest BCUT2D eigenvalue weighted by Gasteiger charge is 2.47. The number of nitrogens with zero attached hydrogens (tertiary/aromatic N) is 1. The normalized spacial score (nSPS) is 30.4. The van der Waals surface area contributed by atoms with E-state index in [1.54, 1.807) is 0 Å². The molecule has 108 valence electrons. The molecule has 1 aromatic carbocycles. The Morgan fingerprint density at radius 1 is 1.29 bits per heavy atom. The van der Waals surface area contributed by atoms with Crippen LogP contribution in [-0.4, -0.2) is 0 Å². The van der Waals surface area contributed by atoms with Crippen molar-refractivity contribution in [3.05, 3.63) is 52.7 Å². The molecule has 2 aliphatic rings. The van der Waals surface area contributed by atoms with Crippen LogP contribution in [0.25, 0.3) is 11.3 Å². The first-order valence-electron chi connectivity index (χ1n) is 8.45. The van der Waals surface area contributed by atoms with E-state index in [-0.39, 0.29) is 11.3 Å². The molecule has 1 heterocycles. The van der Waals surface area contributed by atoms with Crippen LogP contribution >= 0.6 is 0 Å². The molecule has 1 saturated carbocycles. The zero-order valence-electron chi connectivity index (χ0n) is 14.5. The molecule has 0 radical (unpaired) electrons. The lowest BCUT2D eigenvalue weighted by Gasteiger charge is -2.23. The zero-order valence-corrected chi connectivity index (χ0v) is 13.5. The van der Waals surface area contributed by atoms with Crippen LogP contribution in [0.5, 0.6) is 0 Å². The molecule has 0 N–H and O–H groups in total. The SMILES string of the molecule is [2H]C12CCC(C)(C1)c1cc(-c3ccc(C)cc3C)[n+](C)cc12. The fraction of sp³-hybridized carbons (Fsp3) is 0.450. The van der Waals surface area contributed by atoms with Crippen molar-refractivity contribution in [2.24, 2.45) is 7.05 Å². The molecule has 0 amide bonds. The lowest BCUT2D eigenvalue weighted by molar-refractivity contribution is -0.660. The van der Waals surface area contributed by atoms with Crippen molar-refractivity contribution >= 4 is 0 Å². The van der Waals surface area contributed by atoms with Gasteiger partial charge in [-0.2, -0.15) is 0 Å². The van der Waals surface area contributed by atoms with Gasteiger partial charge < -0.3 is 0 Å². The maximum Gasteiger partial charge on any atom is 0.212 e. The van der Waals surface area contributed by atoms with Gasteiger partial charge in [0.1, 0.15) is 7.05 Å². The molecule has 2 atom stereocenters. The Kier molecular flexibility index (Phi) is 2.39. The number of hydrogen-bond acceptors (Lipinski definition) is 0. The van der Waals surface area contributed by atoms with E-state index >= 15 is 0 Å². The molecule has 0 saturated heterocycles. The second-order valence-electron chi connectivity index (χ2n) is 7.26. The molecule has 2 unspecified atom stereocenters. The number of pyridine rings is 1. The highest BCUT2D eigenvalue weighted by atomic mass is 14.9. The minimum atomic E-state index is -0.345. The summed E-state index contributed by atoms with van der Waals surface area (Å²) >= 11 is 0. The Morgan fingerprint density at radius 3 is 2.86 bits per heavy atom. The smallest absolute Gasteiger partial charge is 0.201 e. The van der Waals surface area contributed by atoms with E-state index in [2.05, 4.69) is 62.8 Å². The van der Waals surface area contributed by atoms with E-state index in [1.165, 1.54) is 33.5 Å². The molecule has 1 nitrogen and oxygen atoms in total. The van der Waals surface area contributed by atoms with Crippen LogP contribution in [-0.2, 0) is 12.5 Å². The van der Waals surface area contributed by atoms with Gasteiger partial charge in [-0.25, -0.2) is 4.57 Å². The summed E-state index contributed by atoms with van der Waals surface area (Å²) in [6, 6.07) is 9.04. The number of hydrogen-bond donors (Lipinski definition) is 0. The Hall–Kier alpha value is -1.63. The second-order valence-corrected chi connectivity index (χ2v) is 7.26. The molecule has 21 heavy (non-hydrogen) atoms. The number of aryl methyl sites for hydroxylation is 3. The van der Waals surface area contributed by atoms with Gasteiger partial charge in [0.15, 0.2) is 6.20 Å². The van der Waals surface area contributed by atoms with E-state index in [1.807, 2.05) is 0 Å².